The molecule has 8 heteroatoms. The monoisotopic (exact) mass is 507 g/mol. The Balaban J connectivity index is 1.28. The van der Waals surface area contributed by atoms with Crippen molar-refractivity contribution in [3.8, 4) is 0 Å². The molecule has 0 bridgehead atoms. The lowest BCUT2D eigenvalue weighted by molar-refractivity contribution is -0.137. The molecule has 1 aromatic heterocycles. The molecule has 2 heterocycles. The van der Waals surface area contributed by atoms with Gasteiger partial charge in [0.25, 0.3) is 5.91 Å². The van der Waals surface area contributed by atoms with Crippen LogP contribution in [0.3, 0.4) is 0 Å². The number of hydrogen-bond donors (Lipinski definition) is 1. The summed E-state index contributed by atoms with van der Waals surface area (Å²) in [7, 11) is 0. The van der Waals surface area contributed by atoms with Gasteiger partial charge < -0.3 is 10.2 Å². The van der Waals surface area contributed by atoms with Crippen LogP contribution >= 0.6 is 11.6 Å². The van der Waals surface area contributed by atoms with Gasteiger partial charge in [-0.1, -0.05) is 35.9 Å². The van der Waals surface area contributed by atoms with Gasteiger partial charge >= 0.3 is 6.18 Å². The summed E-state index contributed by atoms with van der Waals surface area (Å²) in [6.07, 6.45) is -0.133. The van der Waals surface area contributed by atoms with E-state index in [2.05, 4.69) is 16.4 Å². The number of carbonyl (C=O) groups excluding carboxylic acids is 1. The molecular formula is C28H21ClF3N3O. The maximum atomic E-state index is 13.0. The first-order chi connectivity index (χ1) is 17.3. The lowest BCUT2D eigenvalue weighted by Gasteiger charge is -2.27. The molecule has 4 aromatic rings. The van der Waals surface area contributed by atoms with E-state index in [1.54, 1.807) is 35.2 Å². The normalized spacial score (nSPS) is 14.0. The Morgan fingerprint density at radius 3 is 2.39 bits per heavy atom. The third kappa shape index (κ3) is 5.06. The van der Waals surface area contributed by atoms with Crippen LogP contribution in [-0.2, 0) is 6.18 Å². The van der Waals surface area contributed by atoms with Gasteiger partial charge in [0.15, 0.2) is 0 Å². The summed E-state index contributed by atoms with van der Waals surface area (Å²) >= 11 is 5.97. The van der Waals surface area contributed by atoms with Crippen LogP contribution in [0.4, 0.5) is 24.5 Å². The molecule has 4 nitrogen and oxygen atoms in total. The molecule has 0 aliphatic carbocycles. The highest BCUT2D eigenvalue weighted by Crippen LogP contribution is 2.33. The molecule has 5 rings (SSSR count). The van der Waals surface area contributed by atoms with E-state index in [0.29, 0.717) is 40.4 Å². The van der Waals surface area contributed by atoms with Crippen LogP contribution in [0.2, 0.25) is 5.02 Å². The molecule has 182 valence electrons. The Bertz CT molecular complexity index is 1450. The van der Waals surface area contributed by atoms with Gasteiger partial charge in [0, 0.05) is 46.6 Å². The number of alkyl halides is 3. The molecule has 0 saturated heterocycles. The second kappa shape index (κ2) is 9.66. The molecule has 1 N–H and O–H groups in total. The zero-order chi connectivity index (χ0) is 25.3. The number of nitrogens with one attached hydrogen (secondary N) is 1. The van der Waals surface area contributed by atoms with Crippen molar-refractivity contribution in [3.63, 3.8) is 0 Å². The van der Waals surface area contributed by atoms with Crippen molar-refractivity contribution in [1.82, 2.24) is 9.88 Å². The number of fused-ring (bicyclic) bond motifs is 1. The van der Waals surface area contributed by atoms with Gasteiger partial charge in [-0.05, 0) is 72.2 Å². The summed E-state index contributed by atoms with van der Waals surface area (Å²) in [5.74, 6) is -0.0537. The van der Waals surface area contributed by atoms with E-state index in [-0.39, 0.29) is 11.4 Å². The first-order valence-electron chi connectivity index (χ1n) is 11.4. The Morgan fingerprint density at radius 1 is 0.972 bits per heavy atom. The number of aromatic nitrogens is 1. The van der Waals surface area contributed by atoms with Crippen LogP contribution in [0, 0.1) is 0 Å². The fraction of sp³-hybridized carbons (Fsp3) is 0.143. The fourth-order valence-electron chi connectivity index (χ4n) is 4.25. The quantitative estimate of drug-likeness (QED) is 0.309. The minimum atomic E-state index is -4.43. The van der Waals surface area contributed by atoms with E-state index in [9.17, 15) is 18.0 Å². The molecule has 1 aliphatic rings. The predicted molar refractivity (Wildman–Crippen MR) is 136 cm³/mol. The van der Waals surface area contributed by atoms with Crippen LogP contribution in [0.15, 0.2) is 85.1 Å². The molecular weight excluding hydrogens is 487 g/mol. The Kier molecular flexibility index (Phi) is 6.41. The summed E-state index contributed by atoms with van der Waals surface area (Å²) in [4.78, 5) is 18.9. The van der Waals surface area contributed by atoms with Gasteiger partial charge in [-0.2, -0.15) is 13.2 Å². The number of hydrogen-bond acceptors (Lipinski definition) is 3. The van der Waals surface area contributed by atoms with Crippen LogP contribution in [0.1, 0.15) is 27.9 Å². The Morgan fingerprint density at radius 2 is 1.72 bits per heavy atom. The minimum Gasteiger partial charge on any atom is -0.355 e. The van der Waals surface area contributed by atoms with Gasteiger partial charge in [0.05, 0.1) is 11.1 Å². The Hall–Kier alpha value is -3.84. The first kappa shape index (κ1) is 23.9. The van der Waals surface area contributed by atoms with E-state index in [0.717, 1.165) is 24.1 Å². The zero-order valence-electron chi connectivity index (χ0n) is 19.0. The molecule has 0 saturated carbocycles. The second-order valence-corrected chi connectivity index (χ2v) is 8.96. The number of benzene rings is 3. The van der Waals surface area contributed by atoms with Gasteiger partial charge in [0.1, 0.15) is 0 Å². The van der Waals surface area contributed by atoms with Crippen molar-refractivity contribution >= 4 is 45.4 Å². The molecule has 0 fully saturated rings. The van der Waals surface area contributed by atoms with Crippen molar-refractivity contribution in [2.75, 3.05) is 18.4 Å². The van der Waals surface area contributed by atoms with Crippen molar-refractivity contribution in [1.29, 1.82) is 0 Å². The number of pyridine rings is 1. The minimum absolute atomic E-state index is 0.0537. The molecule has 0 radical (unpaired) electrons. The smallest absolute Gasteiger partial charge is 0.355 e. The average Bonchev–Trinajstić information content (AvgIpc) is 2.89. The topological polar surface area (TPSA) is 45.2 Å². The number of rotatable bonds is 4. The standard InChI is InChI=1S/C28H21ClF3N3O/c29-22-6-1-18(2-7-22)19-12-15-35(16-13-19)27(36)20-3-8-23(9-4-20)34-25-11-14-33-26-17-21(28(30,31)32)5-10-24(25)26/h1-12,14,17H,13,15-16H2,(H,33,34). The predicted octanol–water partition coefficient (Wildman–Crippen LogP) is 7.58. The number of nitrogens with zero attached hydrogens (tertiary/aromatic N) is 2. The van der Waals surface area contributed by atoms with Crippen molar-refractivity contribution < 1.29 is 18.0 Å². The largest absolute Gasteiger partial charge is 0.416 e. The van der Waals surface area contributed by atoms with Crippen LogP contribution in [0.25, 0.3) is 16.5 Å². The first-order valence-corrected chi connectivity index (χ1v) is 11.7. The molecule has 3 aromatic carbocycles. The number of carbonyl (C=O) groups is 1. The molecule has 1 amide bonds. The maximum Gasteiger partial charge on any atom is 0.416 e. The lowest BCUT2D eigenvalue weighted by atomic mass is 9.99. The molecule has 1 aliphatic heterocycles. The van der Waals surface area contributed by atoms with Gasteiger partial charge in [0.2, 0.25) is 0 Å². The lowest BCUT2D eigenvalue weighted by Crippen LogP contribution is -2.34. The number of halogens is 4. The SMILES string of the molecule is O=C(c1ccc(Nc2ccnc3cc(C(F)(F)F)ccc23)cc1)N1CC=C(c2ccc(Cl)cc2)CC1. The second-order valence-electron chi connectivity index (χ2n) is 8.53. The third-order valence-electron chi connectivity index (χ3n) is 6.19. The third-order valence-corrected chi connectivity index (χ3v) is 6.44. The van der Waals surface area contributed by atoms with Crippen molar-refractivity contribution in [3.05, 3.63) is 107 Å². The zero-order valence-corrected chi connectivity index (χ0v) is 19.8. The molecule has 0 atom stereocenters. The summed E-state index contributed by atoms with van der Waals surface area (Å²) in [6.45, 7) is 1.15. The number of anilines is 2. The molecule has 36 heavy (non-hydrogen) atoms. The van der Waals surface area contributed by atoms with Crippen LogP contribution in [0.5, 0.6) is 0 Å². The number of amides is 1. The van der Waals surface area contributed by atoms with Crippen molar-refractivity contribution in [2.45, 2.75) is 12.6 Å². The molecule has 0 spiro atoms. The van der Waals surface area contributed by atoms with Gasteiger partial charge in [-0.15, -0.1) is 0 Å². The molecule has 0 unspecified atom stereocenters. The maximum absolute atomic E-state index is 13.0. The van der Waals surface area contributed by atoms with Crippen LogP contribution < -0.4 is 5.32 Å². The van der Waals surface area contributed by atoms with Gasteiger partial charge in [-0.3, -0.25) is 9.78 Å². The fourth-order valence-corrected chi connectivity index (χ4v) is 4.37. The summed E-state index contributed by atoms with van der Waals surface area (Å²) in [5, 5.41) is 4.48. The van der Waals surface area contributed by atoms with E-state index in [1.807, 2.05) is 24.3 Å². The summed E-state index contributed by atoms with van der Waals surface area (Å²) < 4.78 is 39.1. The highest BCUT2D eigenvalue weighted by Gasteiger charge is 2.30. The van der Waals surface area contributed by atoms with E-state index < -0.39 is 11.7 Å². The van der Waals surface area contributed by atoms with E-state index in [4.69, 9.17) is 11.6 Å². The average molecular weight is 508 g/mol. The van der Waals surface area contributed by atoms with E-state index in [1.165, 1.54) is 17.8 Å². The summed E-state index contributed by atoms with van der Waals surface area (Å²) in [5.41, 5.74) is 3.72. The van der Waals surface area contributed by atoms with E-state index >= 15 is 0 Å². The highest BCUT2D eigenvalue weighted by atomic mass is 35.5. The van der Waals surface area contributed by atoms with Crippen LogP contribution in [-0.4, -0.2) is 28.9 Å². The van der Waals surface area contributed by atoms with Crippen molar-refractivity contribution in [2.24, 2.45) is 0 Å². The summed E-state index contributed by atoms with van der Waals surface area (Å²) in [6, 6.07) is 19.9. The highest BCUT2D eigenvalue weighted by molar-refractivity contribution is 6.30. The van der Waals surface area contributed by atoms with Gasteiger partial charge in [-0.25, -0.2) is 0 Å². The Labute approximate surface area is 211 Å².